The van der Waals surface area contributed by atoms with Crippen LogP contribution in [0.2, 0.25) is 0 Å². The molecule has 46 heavy (non-hydrogen) atoms. The highest BCUT2D eigenvalue weighted by Gasteiger charge is 2.43. The first-order valence-electron chi connectivity index (χ1n) is 13.5. The molecule has 14 heteroatoms. The third kappa shape index (κ3) is 8.77. The van der Waals surface area contributed by atoms with Gasteiger partial charge in [-0.3, -0.25) is 0 Å². The Balaban J connectivity index is 1.40. The normalized spacial score (nSPS) is 12.2. The third-order valence-electron chi connectivity index (χ3n) is 6.76. The lowest BCUT2D eigenvalue weighted by atomic mass is 10.1. The van der Waals surface area contributed by atoms with E-state index in [0.717, 1.165) is 23.8 Å². The van der Waals surface area contributed by atoms with Crippen LogP contribution >= 0.6 is 0 Å². The van der Waals surface area contributed by atoms with Crippen molar-refractivity contribution in [1.82, 2.24) is 5.32 Å². The molecule has 0 saturated heterocycles. The van der Waals surface area contributed by atoms with E-state index in [9.17, 15) is 39.5 Å². The molecule has 0 amide bonds. The van der Waals surface area contributed by atoms with E-state index in [0.29, 0.717) is 65.9 Å². The summed E-state index contributed by atoms with van der Waals surface area (Å²) in [5.74, 6) is 1.52. The van der Waals surface area contributed by atoms with Crippen LogP contribution in [0.1, 0.15) is 27.8 Å². The fourth-order valence-corrected chi connectivity index (χ4v) is 4.51. The first kappa shape index (κ1) is 34.3. The SMILES string of the molecule is COc1cc(Oc2ccc(Nc3ccc(C(F)(F)F)c(C(F)(F)F)c3)cc2)cc(OC)c1CNCCc1ccc(C(F)(F)F)cc1. The molecule has 4 aromatic carbocycles. The predicted octanol–water partition coefficient (Wildman–Crippen LogP) is 9.63. The van der Waals surface area contributed by atoms with Crippen LogP contribution in [0.4, 0.5) is 50.9 Å². The Morgan fingerprint density at radius 1 is 0.587 bits per heavy atom. The molecule has 0 atom stereocenters. The quantitative estimate of drug-likeness (QED) is 0.124. The van der Waals surface area contributed by atoms with Crippen molar-refractivity contribution in [2.24, 2.45) is 0 Å². The molecule has 0 bridgehead atoms. The molecule has 0 aliphatic heterocycles. The molecule has 0 saturated carbocycles. The van der Waals surface area contributed by atoms with Crippen molar-refractivity contribution in [2.75, 3.05) is 26.1 Å². The minimum Gasteiger partial charge on any atom is -0.496 e. The van der Waals surface area contributed by atoms with Crippen molar-refractivity contribution in [3.8, 4) is 23.0 Å². The largest absolute Gasteiger partial charge is 0.496 e. The summed E-state index contributed by atoms with van der Waals surface area (Å²) in [5.41, 5.74) is -2.78. The molecule has 4 aromatic rings. The third-order valence-corrected chi connectivity index (χ3v) is 6.76. The minimum absolute atomic E-state index is 0.188. The van der Waals surface area contributed by atoms with Crippen LogP contribution in [0.15, 0.2) is 78.9 Å². The standard InChI is InChI=1S/C32H27F9N2O3/c1-44-28-16-24(17-29(45-2)25(28)18-42-14-13-19-3-5-20(6-4-19)30(33,34)35)46-23-10-7-21(8-11-23)43-22-9-12-26(31(36,37)38)27(15-22)32(39,40)41/h3-12,15-17,42-43H,13-14,18H2,1-2H3. The second-order valence-corrected chi connectivity index (χ2v) is 9.94. The summed E-state index contributed by atoms with van der Waals surface area (Å²) < 4.78 is 134. The zero-order valence-corrected chi connectivity index (χ0v) is 24.3. The lowest BCUT2D eigenvalue weighted by Gasteiger charge is -2.17. The van der Waals surface area contributed by atoms with Gasteiger partial charge in [0.25, 0.3) is 0 Å². The lowest BCUT2D eigenvalue weighted by molar-refractivity contribution is -0.162. The maximum Gasteiger partial charge on any atom is 0.417 e. The molecule has 0 heterocycles. The Morgan fingerprint density at radius 2 is 1.15 bits per heavy atom. The topological polar surface area (TPSA) is 51.8 Å². The maximum absolute atomic E-state index is 13.3. The van der Waals surface area contributed by atoms with Crippen molar-refractivity contribution in [2.45, 2.75) is 31.5 Å². The molecular formula is C32H27F9N2O3. The minimum atomic E-state index is -5.20. The highest BCUT2D eigenvalue weighted by molar-refractivity contribution is 5.62. The molecule has 0 radical (unpaired) electrons. The lowest BCUT2D eigenvalue weighted by Crippen LogP contribution is -2.18. The van der Waals surface area contributed by atoms with Crippen LogP contribution in [0, 0.1) is 0 Å². The number of benzene rings is 4. The number of halogens is 9. The summed E-state index contributed by atoms with van der Waals surface area (Å²) in [6.45, 7) is 0.772. The maximum atomic E-state index is 13.3. The number of hydrogen-bond donors (Lipinski definition) is 2. The molecule has 0 aromatic heterocycles. The van der Waals surface area contributed by atoms with Gasteiger partial charge in [0.05, 0.1) is 36.5 Å². The molecular weight excluding hydrogens is 631 g/mol. The van der Waals surface area contributed by atoms with Gasteiger partial charge in [-0.25, -0.2) is 0 Å². The van der Waals surface area contributed by atoms with Crippen molar-refractivity contribution in [3.05, 3.63) is 107 Å². The highest BCUT2D eigenvalue weighted by atomic mass is 19.4. The number of anilines is 2. The van der Waals surface area contributed by atoms with Gasteiger partial charge in [0.2, 0.25) is 0 Å². The first-order valence-corrected chi connectivity index (χ1v) is 13.5. The average Bonchev–Trinajstić information content (AvgIpc) is 2.99. The molecule has 0 aliphatic rings. The number of methoxy groups -OCH3 is 2. The van der Waals surface area contributed by atoms with E-state index in [4.69, 9.17) is 14.2 Å². The zero-order chi connectivity index (χ0) is 33.7. The van der Waals surface area contributed by atoms with Crippen molar-refractivity contribution < 1.29 is 53.7 Å². The van der Waals surface area contributed by atoms with E-state index >= 15 is 0 Å². The fourth-order valence-electron chi connectivity index (χ4n) is 4.51. The summed E-state index contributed by atoms with van der Waals surface area (Å²) >= 11 is 0. The van der Waals surface area contributed by atoms with Crippen molar-refractivity contribution in [3.63, 3.8) is 0 Å². The van der Waals surface area contributed by atoms with Crippen LogP contribution in [-0.4, -0.2) is 20.8 Å². The van der Waals surface area contributed by atoms with Gasteiger partial charge in [-0.15, -0.1) is 0 Å². The van der Waals surface area contributed by atoms with Gasteiger partial charge in [0.1, 0.15) is 23.0 Å². The molecule has 246 valence electrons. The summed E-state index contributed by atoms with van der Waals surface area (Å²) in [6, 6.07) is 15.8. The van der Waals surface area contributed by atoms with Crippen LogP contribution in [0.3, 0.4) is 0 Å². The highest BCUT2D eigenvalue weighted by Crippen LogP contribution is 2.42. The molecule has 0 spiro atoms. The Kier molecular flexibility index (Phi) is 10.3. The van der Waals surface area contributed by atoms with E-state index in [1.807, 2.05) is 0 Å². The first-order chi connectivity index (χ1) is 21.6. The summed E-state index contributed by atoms with van der Waals surface area (Å²) in [6.07, 6.45) is -14.3. The molecule has 0 fully saturated rings. The summed E-state index contributed by atoms with van der Waals surface area (Å²) in [7, 11) is 2.91. The predicted molar refractivity (Wildman–Crippen MR) is 153 cm³/mol. The molecule has 5 nitrogen and oxygen atoms in total. The summed E-state index contributed by atoms with van der Waals surface area (Å²) in [5, 5.41) is 5.87. The zero-order valence-electron chi connectivity index (χ0n) is 24.3. The monoisotopic (exact) mass is 658 g/mol. The number of rotatable bonds is 11. The Morgan fingerprint density at radius 3 is 1.67 bits per heavy atom. The molecule has 2 N–H and O–H groups in total. The van der Waals surface area contributed by atoms with Crippen LogP contribution in [0.25, 0.3) is 0 Å². The number of hydrogen-bond acceptors (Lipinski definition) is 5. The molecule has 0 aliphatic carbocycles. The van der Waals surface area contributed by atoms with Gasteiger partial charge < -0.3 is 24.8 Å². The average molecular weight is 659 g/mol. The van der Waals surface area contributed by atoms with E-state index in [2.05, 4.69) is 10.6 Å². The number of ether oxygens (including phenoxy) is 3. The second kappa shape index (κ2) is 13.8. The van der Waals surface area contributed by atoms with Gasteiger partial charge in [-0.1, -0.05) is 12.1 Å². The van der Waals surface area contributed by atoms with E-state index in [1.54, 1.807) is 12.1 Å². The van der Waals surface area contributed by atoms with Crippen LogP contribution in [0.5, 0.6) is 23.0 Å². The van der Waals surface area contributed by atoms with Gasteiger partial charge in [0, 0.05) is 30.1 Å². The van der Waals surface area contributed by atoms with E-state index in [-0.39, 0.29) is 5.69 Å². The number of alkyl halides is 9. The van der Waals surface area contributed by atoms with Crippen molar-refractivity contribution in [1.29, 1.82) is 0 Å². The van der Waals surface area contributed by atoms with E-state index in [1.165, 1.54) is 50.6 Å². The van der Waals surface area contributed by atoms with Gasteiger partial charge in [-0.05, 0) is 73.1 Å². The van der Waals surface area contributed by atoms with Gasteiger partial charge >= 0.3 is 18.5 Å². The van der Waals surface area contributed by atoms with Gasteiger partial charge in [0.15, 0.2) is 0 Å². The summed E-state index contributed by atoms with van der Waals surface area (Å²) in [4.78, 5) is 0. The Labute approximate surface area is 257 Å². The molecule has 4 rings (SSSR count). The number of nitrogens with one attached hydrogen (secondary N) is 2. The molecule has 0 unspecified atom stereocenters. The van der Waals surface area contributed by atoms with Crippen LogP contribution in [-0.2, 0) is 31.5 Å². The van der Waals surface area contributed by atoms with E-state index < -0.39 is 35.2 Å². The second-order valence-electron chi connectivity index (χ2n) is 9.94. The van der Waals surface area contributed by atoms with Gasteiger partial charge in [-0.2, -0.15) is 39.5 Å². The van der Waals surface area contributed by atoms with Crippen molar-refractivity contribution >= 4 is 11.4 Å². The Bertz CT molecular complexity index is 1590. The van der Waals surface area contributed by atoms with Crippen LogP contribution < -0.4 is 24.8 Å². The Hall–Kier alpha value is -4.59. The fraction of sp³-hybridized carbons (Fsp3) is 0.250. The smallest absolute Gasteiger partial charge is 0.417 e.